The Labute approximate surface area is 108 Å². The van der Waals surface area contributed by atoms with Crippen LogP contribution in [0.15, 0.2) is 0 Å². The van der Waals surface area contributed by atoms with Gasteiger partial charge in [-0.25, -0.2) is 13.1 Å². The minimum absolute atomic E-state index is 0.0237. The molecule has 0 radical (unpaired) electrons. The highest BCUT2D eigenvalue weighted by Gasteiger charge is 2.30. The molecule has 1 atom stereocenters. The van der Waals surface area contributed by atoms with Gasteiger partial charge in [-0.05, 0) is 32.2 Å². The lowest BCUT2D eigenvalue weighted by molar-refractivity contribution is -0.134. The molecular weight excluding hydrogens is 254 g/mol. The maximum Gasteiger partial charge on any atom is 0.239 e. The van der Waals surface area contributed by atoms with Crippen molar-refractivity contribution in [2.45, 2.75) is 37.8 Å². The molecule has 0 saturated carbocycles. The van der Waals surface area contributed by atoms with Crippen molar-refractivity contribution < 1.29 is 13.2 Å². The molecule has 104 valence electrons. The Morgan fingerprint density at radius 2 is 1.94 bits per heavy atom. The lowest BCUT2D eigenvalue weighted by Crippen LogP contribution is -2.50. The molecule has 0 aromatic carbocycles. The van der Waals surface area contributed by atoms with Crippen LogP contribution in [0.1, 0.15) is 25.7 Å². The van der Waals surface area contributed by atoms with E-state index in [0.29, 0.717) is 25.9 Å². The molecule has 6 nitrogen and oxygen atoms in total. The number of piperidine rings is 1. The third-order valence-electron chi connectivity index (χ3n) is 3.55. The number of amides is 1. The molecule has 2 rings (SSSR count). The van der Waals surface area contributed by atoms with Crippen LogP contribution in [0.5, 0.6) is 0 Å². The molecule has 2 N–H and O–H groups in total. The average molecular weight is 275 g/mol. The fraction of sp³-hybridized carbons (Fsp3) is 0.909. The second kappa shape index (κ2) is 5.54. The maximum absolute atomic E-state index is 12.1. The van der Waals surface area contributed by atoms with Crippen molar-refractivity contribution in [1.82, 2.24) is 14.9 Å². The van der Waals surface area contributed by atoms with Crippen LogP contribution in [-0.2, 0) is 14.8 Å². The van der Waals surface area contributed by atoms with Gasteiger partial charge in [-0.15, -0.1) is 0 Å². The van der Waals surface area contributed by atoms with Gasteiger partial charge >= 0.3 is 0 Å². The molecule has 7 heteroatoms. The Morgan fingerprint density at radius 1 is 1.28 bits per heavy atom. The number of nitrogens with one attached hydrogen (secondary N) is 2. The lowest BCUT2D eigenvalue weighted by Gasteiger charge is -2.33. The second-order valence-corrected chi connectivity index (χ2v) is 6.92. The lowest BCUT2D eigenvalue weighted by atomic mass is 10.0. The van der Waals surface area contributed by atoms with Crippen molar-refractivity contribution in [3.8, 4) is 0 Å². The number of hydrogen-bond donors (Lipinski definition) is 2. The minimum Gasteiger partial charge on any atom is -0.341 e. The van der Waals surface area contributed by atoms with Crippen molar-refractivity contribution in [3.63, 3.8) is 0 Å². The molecule has 0 aromatic heterocycles. The highest BCUT2D eigenvalue weighted by molar-refractivity contribution is 7.88. The third kappa shape index (κ3) is 3.66. The van der Waals surface area contributed by atoms with Crippen molar-refractivity contribution in [2.24, 2.45) is 0 Å². The number of carbonyl (C=O) groups is 1. The van der Waals surface area contributed by atoms with Crippen LogP contribution in [0.25, 0.3) is 0 Å². The molecule has 2 saturated heterocycles. The summed E-state index contributed by atoms with van der Waals surface area (Å²) in [6, 6.07) is -0.0509. The van der Waals surface area contributed by atoms with Gasteiger partial charge in [-0.2, -0.15) is 0 Å². The summed E-state index contributed by atoms with van der Waals surface area (Å²) in [5.74, 6) is 0.172. The van der Waals surface area contributed by atoms with Crippen LogP contribution >= 0.6 is 0 Å². The summed E-state index contributed by atoms with van der Waals surface area (Å²) in [4.78, 5) is 14.0. The molecule has 2 aliphatic heterocycles. The third-order valence-corrected chi connectivity index (χ3v) is 4.31. The summed E-state index contributed by atoms with van der Waals surface area (Å²) in [6.45, 7) is 2.21. The summed E-state index contributed by atoms with van der Waals surface area (Å²) in [5, 5.41) is 3.20. The van der Waals surface area contributed by atoms with E-state index >= 15 is 0 Å². The largest absolute Gasteiger partial charge is 0.341 e. The predicted octanol–water partition coefficient (Wildman–Crippen LogP) is -0.721. The van der Waals surface area contributed by atoms with Gasteiger partial charge in [0, 0.05) is 19.1 Å². The van der Waals surface area contributed by atoms with E-state index in [1.807, 2.05) is 4.90 Å². The average Bonchev–Trinajstić information content (AvgIpc) is 2.80. The van der Waals surface area contributed by atoms with E-state index in [2.05, 4.69) is 10.0 Å². The highest BCUT2D eigenvalue weighted by Crippen LogP contribution is 2.15. The van der Waals surface area contributed by atoms with Gasteiger partial charge in [0.25, 0.3) is 0 Å². The first-order valence-corrected chi connectivity index (χ1v) is 8.34. The van der Waals surface area contributed by atoms with Gasteiger partial charge < -0.3 is 10.2 Å². The van der Waals surface area contributed by atoms with Gasteiger partial charge in [0.15, 0.2) is 0 Å². The van der Waals surface area contributed by atoms with E-state index in [4.69, 9.17) is 0 Å². The van der Waals surface area contributed by atoms with E-state index in [1.54, 1.807) is 0 Å². The van der Waals surface area contributed by atoms with E-state index in [9.17, 15) is 13.2 Å². The number of likely N-dealkylation sites (tertiary alicyclic amines) is 1. The Balaban J connectivity index is 1.81. The maximum atomic E-state index is 12.1. The van der Waals surface area contributed by atoms with Crippen molar-refractivity contribution in [2.75, 3.05) is 25.9 Å². The summed E-state index contributed by atoms with van der Waals surface area (Å²) >= 11 is 0. The van der Waals surface area contributed by atoms with Gasteiger partial charge in [0.05, 0.1) is 12.3 Å². The molecule has 0 aliphatic carbocycles. The normalized spacial score (nSPS) is 26.5. The molecule has 2 fully saturated rings. The molecule has 2 heterocycles. The smallest absolute Gasteiger partial charge is 0.239 e. The zero-order valence-corrected chi connectivity index (χ0v) is 11.5. The first-order valence-electron chi connectivity index (χ1n) is 6.45. The van der Waals surface area contributed by atoms with Crippen LogP contribution in [-0.4, -0.2) is 57.2 Å². The number of carbonyl (C=O) groups excluding carboxylic acids is 1. The van der Waals surface area contributed by atoms with E-state index in [1.165, 1.54) is 6.26 Å². The van der Waals surface area contributed by atoms with Crippen LogP contribution in [0, 0.1) is 0 Å². The van der Waals surface area contributed by atoms with Crippen LogP contribution in [0.4, 0.5) is 0 Å². The Bertz CT molecular complexity index is 396. The van der Waals surface area contributed by atoms with Crippen molar-refractivity contribution in [3.05, 3.63) is 0 Å². The second-order valence-electron chi connectivity index (χ2n) is 5.14. The van der Waals surface area contributed by atoms with E-state index < -0.39 is 10.0 Å². The monoisotopic (exact) mass is 275 g/mol. The molecule has 0 bridgehead atoms. The number of rotatable bonds is 3. The quantitative estimate of drug-likeness (QED) is 0.712. The molecule has 2 aliphatic rings. The van der Waals surface area contributed by atoms with Gasteiger partial charge in [-0.1, -0.05) is 0 Å². The molecular formula is C11H21N3O3S. The van der Waals surface area contributed by atoms with Gasteiger partial charge in [-0.3, -0.25) is 4.79 Å². The van der Waals surface area contributed by atoms with E-state index in [0.717, 1.165) is 19.4 Å². The Morgan fingerprint density at radius 3 is 2.44 bits per heavy atom. The first kappa shape index (κ1) is 13.8. The van der Waals surface area contributed by atoms with Gasteiger partial charge in [0.1, 0.15) is 0 Å². The summed E-state index contributed by atoms with van der Waals surface area (Å²) in [7, 11) is -3.14. The molecule has 0 unspecified atom stereocenters. The first-order chi connectivity index (χ1) is 8.46. The molecule has 18 heavy (non-hydrogen) atoms. The summed E-state index contributed by atoms with van der Waals surface area (Å²) in [6.07, 6.45) is 4.55. The minimum atomic E-state index is -3.14. The van der Waals surface area contributed by atoms with Crippen molar-refractivity contribution >= 4 is 15.9 Å². The van der Waals surface area contributed by atoms with Crippen LogP contribution in [0.2, 0.25) is 0 Å². The van der Waals surface area contributed by atoms with Crippen LogP contribution < -0.4 is 10.0 Å². The fourth-order valence-corrected chi connectivity index (χ4v) is 3.48. The van der Waals surface area contributed by atoms with E-state index in [-0.39, 0.29) is 18.0 Å². The summed E-state index contributed by atoms with van der Waals surface area (Å²) in [5.41, 5.74) is 0. The fourth-order valence-electron chi connectivity index (χ4n) is 2.64. The predicted molar refractivity (Wildman–Crippen MR) is 68.6 cm³/mol. The van der Waals surface area contributed by atoms with Crippen molar-refractivity contribution in [1.29, 1.82) is 0 Å². The molecule has 0 aromatic rings. The summed E-state index contributed by atoms with van der Waals surface area (Å²) < 4.78 is 24.9. The SMILES string of the molecule is CS(=O)(=O)NC1CCN(C(=O)[C@H]2CCCN2)CC1. The molecule has 0 spiro atoms. The zero-order valence-electron chi connectivity index (χ0n) is 10.7. The number of nitrogens with zero attached hydrogens (tertiary/aromatic N) is 1. The zero-order chi connectivity index (χ0) is 13.2. The van der Waals surface area contributed by atoms with Gasteiger partial charge in [0.2, 0.25) is 15.9 Å². The Kier molecular flexibility index (Phi) is 4.24. The topological polar surface area (TPSA) is 78.5 Å². The number of hydrogen-bond acceptors (Lipinski definition) is 4. The van der Waals surface area contributed by atoms with Crippen LogP contribution in [0.3, 0.4) is 0 Å². The number of sulfonamides is 1. The highest BCUT2D eigenvalue weighted by atomic mass is 32.2. The standard InChI is InChI=1S/C11H21N3O3S/c1-18(16,17)13-9-4-7-14(8-5-9)11(15)10-3-2-6-12-10/h9-10,12-13H,2-8H2,1H3/t10-/m1/s1. The molecule has 1 amide bonds. The Hall–Kier alpha value is -0.660.